The number of carbonyl (C=O) groups excluding carboxylic acids is 1. The number of nitrogens with zero attached hydrogens (tertiary/aromatic N) is 1. The minimum Gasteiger partial charge on any atom is -0.396 e. The van der Waals surface area contributed by atoms with Crippen LogP contribution in [0.5, 0.6) is 0 Å². The molecular weight excluding hydrogens is 537 g/mol. The Labute approximate surface area is 215 Å². The Morgan fingerprint density at radius 3 is 2.26 bits per heavy atom. The van der Waals surface area contributed by atoms with Crippen LogP contribution in [0.25, 0.3) is 0 Å². The van der Waals surface area contributed by atoms with E-state index in [2.05, 4.69) is 17.0 Å². The third-order valence-corrected chi connectivity index (χ3v) is 8.79. The van der Waals surface area contributed by atoms with E-state index in [0.29, 0.717) is 19.0 Å². The molecule has 0 radical (unpaired) electrons. The van der Waals surface area contributed by atoms with Crippen LogP contribution in [-0.2, 0) is 24.8 Å². The molecule has 2 aromatic rings. The van der Waals surface area contributed by atoms with Crippen LogP contribution in [0.4, 0.5) is 11.4 Å². The number of para-hydroxylation sites is 1. The predicted molar refractivity (Wildman–Crippen MR) is 136 cm³/mol. The SMILES string of the molecule is CC1CCN(C(=O)C(CNc2ccccc2S(N)(=O)=O)NS(=O)(=O)c2cc(Cl)c(N)c(Cl)c2)CC1. The Balaban J connectivity index is 1.91. The Bertz CT molecular complexity index is 1290. The number of likely N-dealkylation sites (tertiary alicyclic amines) is 1. The van der Waals surface area contributed by atoms with Crippen LogP contribution in [0.2, 0.25) is 10.0 Å². The molecule has 192 valence electrons. The molecule has 1 atom stereocenters. The van der Waals surface area contributed by atoms with Gasteiger partial charge in [-0.15, -0.1) is 0 Å². The standard InChI is InChI=1S/C21H27Cl2N5O5S2/c1-13-6-8-28(9-7-13)21(29)18(12-26-17-4-2-3-5-19(17)34(25,30)31)27-35(32,33)14-10-15(22)20(24)16(23)11-14/h2-5,10-11,13,18,26-27H,6-9,12,24H2,1H3,(H2,25,30,31). The van der Waals surface area contributed by atoms with Crippen molar-refractivity contribution in [1.82, 2.24) is 9.62 Å². The number of carbonyl (C=O) groups is 1. The number of nitrogens with two attached hydrogens (primary N) is 2. The first kappa shape index (κ1) is 27.5. The Morgan fingerprint density at radius 1 is 1.11 bits per heavy atom. The van der Waals surface area contributed by atoms with Gasteiger partial charge in [-0.25, -0.2) is 22.0 Å². The van der Waals surface area contributed by atoms with Crippen LogP contribution in [0, 0.1) is 5.92 Å². The first-order valence-corrected chi connectivity index (χ1v) is 14.5. The van der Waals surface area contributed by atoms with E-state index in [9.17, 15) is 21.6 Å². The van der Waals surface area contributed by atoms with Crippen LogP contribution in [-0.4, -0.2) is 53.3 Å². The number of primary sulfonamides is 1. The van der Waals surface area contributed by atoms with Crippen molar-refractivity contribution in [3.05, 3.63) is 46.4 Å². The van der Waals surface area contributed by atoms with Gasteiger partial charge in [-0.1, -0.05) is 42.3 Å². The largest absolute Gasteiger partial charge is 0.396 e. The highest BCUT2D eigenvalue weighted by Gasteiger charge is 2.32. The van der Waals surface area contributed by atoms with Gasteiger partial charge in [-0.2, -0.15) is 4.72 Å². The number of amides is 1. The van der Waals surface area contributed by atoms with Gasteiger partial charge < -0.3 is 16.0 Å². The van der Waals surface area contributed by atoms with Gasteiger partial charge in [-0.05, 0) is 43.0 Å². The summed E-state index contributed by atoms with van der Waals surface area (Å²) in [4.78, 5) is 14.5. The maximum Gasteiger partial charge on any atom is 0.242 e. The lowest BCUT2D eigenvalue weighted by Crippen LogP contribution is -2.53. The zero-order chi connectivity index (χ0) is 26.0. The highest BCUT2D eigenvalue weighted by Crippen LogP contribution is 2.31. The third-order valence-electron chi connectivity index (χ3n) is 5.74. The van der Waals surface area contributed by atoms with Gasteiger partial charge in [-0.3, -0.25) is 4.79 Å². The fourth-order valence-electron chi connectivity index (χ4n) is 3.67. The van der Waals surface area contributed by atoms with E-state index in [1.807, 2.05) is 0 Å². The van der Waals surface area contributed by atoms with E-state index in [1.165, 1.54) is 18.2 Å². The Hall–Kier alpha value is -2.09. The highest BCUT2D eigenvalue weighted by molar-refractivity contribution is 7.89. The zero-order valence-electron chi connectivity index (χ0n) is 18.9. The summed E-state index contributed by atoms with van der Waals surface area (Å²) in [5.74, 6) is 0.00159. The smallest absolute Gasteiger partial charge is 0.242 e. The number of nitrogens with one attached hydrogen (secondary N) is 2. The normalized spacial score (nSPS) is 16.2. The second-order valence-corrected chi connectivity index (χ2v) is 12.5. The molecular formula is C21H27Cl2N5O5S2. The molecule has 0 saturated carbocycles. The summed E-state index contributed by atoms with van der Waals surface area (Å²) in [6.07, 6.45) is 1.58. The van der Waals surface area contributed by atoms with Crippen LogP contribution < -0.4 is 20.9 Å². The molecule has 35 heavy (non-hydrogen) atoms. The van der Waals surface area contributed by atoms with E-state index in [-0.39, 0.29) is 37.8 Å². The molecule has 2 aromatic carbocycles. The molecule has 10 nitrogen and oxygen atoms in total. The minimum atomic E-state index is -4.26. The predicted octanol–water partition coefficient (Wildman–Crippen LogP) is 2.24. The van der Waals surface area contributed by atoms with Gasteiger partial charge in [0.1, 0.15) is 10.9 Å². The van der Waals surface area contributed by atoms with Gasteiger partial charge in [0.25, 0.3) is 0 Å². The molecule has 1 aliphatic rings. The quantitative estimate of drug-likeness (QED) is 0.357. The van der Waals surface area contributed by atoms with Crippen molar-refractivity contribution in [3.8, 4) is 0 Å². The first-order valence-electron chi connectivity index (χ1n) is 10.7. The number of benzene rings is 2. The molecule has 0 aromatic heterocycles. The topological polar surface area (TPSA) is 165 Å². The number of anilines is 2. The summed E-state index contributed by atoms with van der Waals surface area (Å²) in [5.41, 5.74) is 5.87. The minimum absolute atomic E-state index is 0.0311. The summed E-state index contributed by atoms with van der Waals surface area (Å²) < 4.78 is 52.6. The van der Waals surface area contributed by atoms with Gasteiger partial charge in [0.15, 0.2) is 0 Å². The highest BCUT2D eigenvalue weighted by atomic mass is 35.5. The van der Waals surface area contributed by atoms with Crippen molar-refractivity contribution in [1.29, 1.82) is 0 Å². The summed E-state index contributed by atoms with van der Waals surface area (Å²) in [6, 6.07) is 6.87. The molecule has 1 heterocycles. The molecule has 1 unspecified atom stereocenters. The zero-order valence-corrected chi connectivity index (χ0v) is 22.0. The van der Waals surface area contributed by atoms with Crippen LogP contribution in [0.1, 0.15) is 19.8 Å². The fourth-order valence-corrected chi connectivity index (χ4v) is 6.25. The molecule has 3 rings (SSSR count). The van der Waals surface area contributed by atoms with Crippen molar-refractivity contribution < 1.29 is 21.6 Å². The van der Waals surface area contributed by atoms with Crippen molar-refractivity contribution in [2.75, 3.05) is 30.7 Å². The molecule has 1 saturated heterocycles. The fraction of sp³-hybridized carbons (Fsp3) is 0.381. The molecule has 1 fully saturated rings. The van der Waals surface area contributed by atoms with E-state index in [4.69, 9.17) is 34.1 Å². The lowest BCUT2D eigenvalue weighted by Gasteiger charge is -2.33. The van der Waals surface area contributed by atoms with Crippen LogP contribution in [0.3, 0.4) is 0 Å². The molecule has 6 N–H and O–H groups in total. The second-order valence-electron chi connectivity index (χ2n) is 8.40. The van der Waals surface area contributed by atoms with E-state index in [1.54, 1.807) is 11.0 Å². The van der Waals surface area contributed by atoms with Crippen molar-refractivity contribution in [3.63, 3.8) is 0 Å². The monoisotopic (exact) mass is 563 g/mol. The van der Waals surface area contributed by atoms with E-state index < -0.39 is 32.0 Å². The third kappa shape index (κ3) is 6.78. The number of rotatable bonds is 8. The molecule has 14 heteroatoms. The molecule has 1 aliphatic heterocycles. The molecule has 0 aliphatic carbocycles. The van der Waals surface area contributed by atoms with E-state index in [0.717, 1.165) is 25.0 Å². The lowest BCUT2D eigenvalue weighted by molar-refractivity contribution is -0.134. The molecule has 1 amide bonds. The summed E-state index contributed by atoms with van der Waals surface area (Å²) in [6.45, 7) is 2.80. The second kappa shape index (κ2) is 10.9. The summed E-state index contributed by atoms with van der Waals surface area (Å²) in [5, 5.41) is 8.03. The van der Waals surface area contributed by atoms with Crippen molar-refractivity contribution in [2.24, 2.45) is 11.1 Å². The Morgan fingerprint density at radius 2 is 1.69 bits per heavy atom. The number of hydrogen-bond donors (Lipinski definition) is 4. The van der Waals surface area contributed by atoms with Crippen LogP contribution in [0.15, 0.2) is 46.2 Å². The van der Waals surface area contributed by atoms with Crippen molar-refractivity contribution >= 4 is 60.5 Å². The Kier molecular flexibility index (Phi) is 8.56. The van der Waals surface area contributed by atoms with Gasteiger partial charge in [0.05, 0.1) is 26.3 Å². The summed E-state index contributed by atoms with van der Waals surface area (Å²) in [7, 11) is -8.32. The number of sulfonamides is 2. The number of nitrogen functional groups attached to an aromatic ring is 1. The first-order chi connectivity index (χ1) is 16.3. The number of halogens is 2. The van der Waals surface area contributed by atoms with Gasteiger partial charge in [0, 0.05) is 19.6 Å². The average Bonchev–Trinajstić information content (AvgIpc) is 2.79. The van der Waals surface area contributed by atoms with Gasteiger partial charge in [0.2, 0.25) is 26.0 Å². The van der Waals surface area contributed by atoms with Crippen LogP contribution >= 0.6 is 23.2 Å². The summed E-state index contributed by atoms with van der Waals surface area (Å²) >= 11 is 12.0. The maximum atomic E-state index is 13.3. The van der Waals surface area contributed by atoms with E-state index >= 15 is 0 Å². The average molecular weight is 565 g/mol. The molecule has 0 spiro atoms. The number of hydrogen-bond acceptors (Lipinski definition) is 7. The van der Waals surface area contributed by atoms with Crippen molar-refractivity contribution in [2.45, 2.75) is 35.6 Å². The number of piperidine rings is 1. The van der Waals surface area contributed by atoms with Gasteiger partial charge >= 0.3 is 0 Å². The lowest BCUT2D eigenvalue weighted by atomic mass is 9.99. The maximum absolute atomic E-state index is 13.3. The molecule has 0 bridgehead atoms.